The van der Waals surface area contributed by atoms with E-state index in [0.717, 1.165) is 42.9 Å². The molecule has 152 valence electrons. The van der Waals surface area contributed by atoms with Gasteiger partial charge in [-0.1, -0.05) is 12.6 Å². The maximum atomic E-state index is 12.6. The molecule has 2 aliphatic rings. The Morgan fingerprint density at radius 3 is 2.62 bits per heavy atom. The molecule has 29 heavy (non-hydrogen) atoms. The summed E-state index contributed by atoms with van der Waals surface area (Å²) in [5.41, 5.74) is 3.00. The highest BCUT2D eigenvalue weighted by Crippen LogP contribution is 2.39. The average Bonchev–Trinajstić information content (AvgIpc) is 3.52. The number of rotatable bonds is 6. The van der Waals surface area contributed by atoms with Gasteiger partial charge in [0, 0.05) is 48.6 Å². The molecule has 0 spiro atoms. The number of likely N-dealkylation sites (tertiary alicyclic amines) is 1. The zero-order valence-electron chi connectivity index (χ0n) is 16.7. The minimum Gasteiger partial charge on any atom is -0.339 e. The van der Waals surface area contributed by atoms with Crippen molar-refractivity contribution in [3.63, 3.8) is 0 Å². The van der Waals surface area contributed by atoms with Crippen molar-refractivity contribution in [1.82, 2.24) is 20.1 Å². The van der Waals surface area contributed by atoms with Crippen molar-refractivity contribution in [1.29, 1.82) is 0 Å². The minimum absolute atomic E-state index is 0.00671. The number of pyridine rings is 1. The summed E-state index contributed by atoms with van der Waals surface area (Å²) in [7, 11) is 0. The Morgan fingerprint density at radius 1 is 1.24 bits per heavy atom. The molecule has 2 amide bonds. The van der Waals surface area contributed by atoms with E-state index < -0.39 is 0 Å². The van der Waals surface area contributed by atoms with Gasteiger partial charge in [0.25, 0.3) is 0 Å². The van der Waals surface area contributed by atoms with E-state index in [4.69, 9.17) is 0 Å². The molecule has 1 aliphatic carbocycles. The number of aromatic amines is 1. The van der Waals surface area contributed by atoms with Gasteiger partial charge >= 0.3 is 0 Å². The van der Waals surface area contributed by atoms with Crippen LogP contribution in [0.3, 0.4) is 0 Å². The third-order valence-electron chi connectivity index (χ3n) is 5.97. The number of nitrogens with zero attached hydrogens (tertiary/aromatic N) is 3. The largest absolute Gasteiger partial charge is 0.339 e. The van der Waals surface area contributed by atoms with E-state index in [2.05, 4.69) is 27.1 Å². The normalized spacial score (nSPS) is 18.3. The summed E-state index contributed by atoms with van der Waals surface area (Å²) in [5, 5.41) is 10.1. The molecule has 7 heteroatoms. The van der Waals surface area contributed by atoms with Crippen molar-refractivity contribution in [3.8, 4) is 0 Å². The first-order valence-electron chi connectivity index (χ1n) is 10.3. The lowest BCUT2D eigenvalue weighted by Gasteiger charge is -2.31. The van der Waals surface area contributed by atoms with Crippen LogP contribution < -0.4 is 5.32 Å². The van der Waals surface area contributed by atoms with E-state index in [-0.39, 0.29) is 17.7 Å². The summed E-state index contributed by atoms with van der Waals surface area (Å²) in [6.07, 6.45) is 7.33. The Morgan fingerprint density at radius 2 is 2.00 bits per heavy atom. The van der Waals surface area contributed by atoms with Crippen LogP contribution in [0.1, 0.15) is 67.3 Å². The summed E-state index contributed by atoms with van der Waals surface area (Å²) in [5.74, 6) is 1.08. The molecule has 7 nitrogen and oxygen atoms in total. The Kier molecular flexibility index (Phi) is 5.47. The van der Waals surface area contributed by atoms with Crippen LogP contribution in [-0.4, -0.2) is 45.0 Å². The van der Waals surface area contributed by atoms with Gasteiger partial charge in [-0.15, -0.1) is 0 Å². The lowest BCUT2D eigenvalue weighted by Crippen LogP contribution is -2.36. The predicted molar refractivity (Wildman–Crippen MR) is 111 cm³/mol. The van der Waals surface area contributed by atoms with Crippen molar-refractivity contribution >= 4 is 17.6 Å². The highest BCUT2D eigenvalue weighted by atomic mass is 16.2. The fraction of sp³-hybridized carbons (Fsp3) is 0.455. The van der Waals surface area contributed by atoms with Crippen molar-refractivity contribution in [2.75, 3.05) is 18.4 Å². The second-order valence-electron chi connectivity index (χ2n) is 8.01. The Hall–Kier alpha value is -2.96. The molecule has 0 bridgehead atoms. The molecule has 1 saturated carbocycles. The molecule has 1 aliphatic heterocycles. The van der Waals surface area contributed by atoms with E-state index in [1.807, 2.05) is 30.0 Å². The molecule has 0 radical (unpaired) electrons. The van der Waals surface area contributed by atoms with Crippen LogP contribution in [0.5, 0.6) is 0 Å². The molecular weight excluding hydrogens is 366 g/mol. The zero-order chi connectivity index (χ0) is 20.4. The first-order chi connectivity index (χ1) is 14.0. The third kappa shape index (κ3) is 4.39. The van der Waals surface area contributed by atoms with Gasteiger partial charge in [-0.3, -0.25) is 19.7 Å². The van der Waals surface area contributed by atoms with Crippen LogP contribution in [0.15, 0.2) is 37.1 Å². The standard InChI is InChI=1S/C22H27N5O2/c1-3-21(28)27-10-8-16(9-11-27)18-7-6-17(13-23-18)14(2)22(29)24-20-12-19(25-26-20)15-4-5-15/h3,6-7,12-16H,1,4-5,8-11H2,2H3,(H2,24,25,26,29). The summed E-state index contributed by atoms with van der Waals surface area (Å²) in [4.78, 5) is 30.7. The molecule has 4 rings (SSSR count). The van der Waals surface area contributed by atoms with Gasteiger partial charge in [0.05, 0.1) is 5.92 Å². The first kappa shape index (κ1) is 19.4. The molecule has 1 unspecified atom stereocenters. The van der Waals surface area contributed by atoms with Crippen molar-refractivity contribution in [2.45, 2.75) is 50.4 Å². The lowest BCUT2D eigenvalue weighted by molar-refractivity contribution is -0.127. The van der Waals surface area contributed by atoms with Gasteiger partial charge in [-0.2, -0.15) is 5.10 Å². The topological polar surface area (TPSA) is 91.0 Å². The van der Waals surface area contributed by atoms with Crippen molar-refractivity contribution in [2.24, 2.45) is 0 Å². The van der Waals surface area contributed by atoms with E-state index in [1.165, 1.54) is 18.9 Å². The van der Waals surface area contributed by atoms with Crippen molar-refractivity contribution in [3.05, 3.63) is 54.0 Å². The van der Waals surface area contributed by atoms with Gasteiger partial charge in [0.1, 0.15) is 0 Å². The van der Waals surface area contributed by atoms with E-state index in [9.17, 15) is 9.59 Å². The SMILES string of the molecule is C=CC(=O)N1CCC(c2ccc(C(C)C(=O)Nc3cc(C4CC4)[nH]n3)cn2)CC1. The number of H-pyrrole nitrogens is 1. The minimum atomic E-state index is -0.315. The number of amides is 2. The molecule has 2 N–H and O–H groups in total. The predicted octanol–water partition coefficient (Wildman–Crippen LogP) is 3.32. The second kappa shape index (κ2) is 8.19. The van der Waals surface area contributed by atoms with Gasteiger partial charge in [0.15, 0.2) is 5.82 Å². The average molecular weight is 393 g/mol. The monoisotopic (exact) mass is 393 g/mol. The summed E-state index contributed by atoms with van der Waals surface area (Å²) in [6.45, 7) is 6.88. The van der Waals surface area contributed by atoms with Crippen LogP contribution in [0.2, 0.25) is 0 Å². The van der Waals surface area contributed by atoms with Crippen LogP contribution in [0, 0.1) is 0 Å². The molecule has 3 heterocycles. The third-order valence-corrected chi connectivity index (χ3v) is 5.97. The number of nitrogens with one attached hydrogen (secondary N) is 2. The first-order valence-corrected chi connectivity index (χ1v) is 10.3. The maximum Gasteiger partial charge on any atom is 0.245 e. The molecule has 2 fully saturated rings. The fourth-order valence-electron chi connectivity index (χ4n) is 3.83. The molecule has 2 aromatic rings. The molecule has 1 atom stereocenters. The number of piperidine rings is 1. The number of aromatic nitrogens is 3. The zero-order valence-corrected chi connectivity index (χ0v) is 16.7. The number of carbonyl (C=O) groups excluding carboxylic acids is 2. The highest BCUT2D eigenvalue weighted by Gasteiger charge is 2.27. The van der Waals surface area contributed by atoms with E-state index >= 15 is 0 Å². The number of anilines is 1. The quantitative estimate of drug-likeness (QED) is 0.737. The second-order valence-corrected chi connectivity index (χ2v) is 8.01. The smallest absolute Gasteiger partial charge is 0.245 e. The Labute approximate surface area is 170 Å². The van der Waals surface area contributed by atoms with E-state index in [1.54, 1.807) is 6.20 Å². The number of hydrogen-bond acceptors (Lipinski definition) is 4. The van der Waals surface area contributed by atoms with Gasteiger partial charge in [-0.25, -0.2) is 0 Å². The van der Waals surface area contributed by atoms with Gasteiger partial charge in [-0.05, 0) is 50.3 Å². The van der Waals surface area contributed by atoms with Crippen LogP contribution in [0.25, 0.3) is 0 Å². The van der Waals surface area contributed by atoms with Crippen LogP contribution in [-0.2, 0) is 9.59 Å². The molecule has 2 aromatic heterocycles. The van der Waals surface area contributed by atoms with E-state index in [0.29, 0.717) is 17.7 Å². The molecule has 1 saturated heterocycles. The van der Waals surface area contributed by atoms with Gasteiger partial charge in [0.2, 0.25) is 11.8 Å². The molecular formula is C22H27N5O2. The lowest BCUT2D eigenvalue weighted by atomic mass is 9.92. The van der Waals surface area contributed by atoms with Crippen LogP contribution in [0.4, 0.5) is 5.82 Å². The fourth-order valence-corrected chi connectivity index (χ4v) is 3.83. The van der Waals surface area contributed by atoms with Crippen LogP contribution >= 0.6 is 0 Å². The number of hydrogen-bond donors (Lipinski definition) is 2. The van der Waals surface area contributed by atoms with Crippen molar-refractivity contribution < 1.29 is 9.59 Å². The summed E-state index contributed by atoms with van der Waals surface area (Å²) < 4.78 is 0. The van der Waals surface area contributed by atoms with Gasteiger partial charge < -0.3 is 10.2 Å². The Bertz CT molecular complexity index is 892. The highest BCUT2D eigenvalue weighted by molar-refractivity contribution is 5.94. The number of carbonyl (C=O) groups is 2. The Balaban J connectivity index is 1.33. The maximum absolute atomic E-state index is 12.6. The molecule has 0 aromatic carbocycles. The summed E-state index contributed by atoms with van der Waals surface area (Å²) >= 11 is 0. The summed E-state index contributed by atoms with van der Waals surface area (Å²) in [6, 6.07) is 5.91.